The van der Waals surface area contributed by atoms with Gasteiger partial charge in [-0.2, -0.15) is 0 Å². The summed E-state index contributed by atoms with van der Waals surface area (Å²) >= 11 is 0. The van der Waals surface area contributed by atoms with E-state index < -0.39 is 0 Å². The minimum Gasteiger partial charge on any atom is -0.484 e. The first-order valence-corrected chi connectivity index (χ1v) is 9.34. The highest BCUT2D eigenvalue weighted by molar-refractivity contribution is 5.97. The Morgan fingerprint density at radius 1 is 1.07 bits per heavy atom. The van der Waals surface area contributed by atoms with Crippen molar-refractivity contribution in [2.45, 2.75) is 25.7 Å². The lowest BCUT2D eigenvalue weighted by Crippen LogP contribution is -2.38. The number of amides is 2. The summed E-state index contributed by atoms with van der Waals surface area (Å²) in [5.41, 5.74) is 9.52. The molecule has 0 aromatic heterocycles. The van der Waals surface area contributed by atoms with Crippen molar-refractivity contribution in [2.24, 2.45) is 0 Å². The van der Waals surface area contributed by atoms with E-state index in [0.717, 1.165) is 48.4 Å². The topological polar surface area (TPSA) is 75.9 Å². The number of carbonyl (C=O) groups is 2. The summed E-state index contributed by atoms with van der Waals surface area (Å²) in [6.45, 7) is 1.35. The van der Waals surface area contributed by atoms with Gasteiger partial charge in [0.2, 0.25) is 5.91 Å². The van der Waals surface area contributed by atoms with Gasteiger partial charge < -0.3 is 20.3 Å². The number of hydrogen-bond acceptors (Lipinski definition) is 4. The number of nitrogens with two attached hydrogens (primary N) is 1. The molecule has 4 rings (SSSR count). The zero-order valence-corrected chi connectivity index (χ0v) is 16.4. The van der Waals surface area contributed by atoms with Gasteiger partial charge in [-0.25, -0.2) is 0 Å². The van der Waals surface area contributed by atoms with Crippen molar-refractivity contribution in [3.8, 4) is 5.75 Å². The molecule has 0 saturated carbocycles. The molecule has 1 saturated heterocycles. The van der Waals surface area contributed by atoms with E-state index in [1.165, 1.54) is 0 Å². The van der Waals surface area contributed by atoms with Crippen molar-refractivity contribution in [1.29, 1.82) is 0 Å². The van der Waals surface area contributed by atoms with Crippen molar-refractivity contribution < 1.29 is 14.3 Å². The van der Waals surface area contributed by atoms with Gasteiger partial charge in [0.15, 0.2) is 6.61 Å². The number of carbonyl (C=O) groups excluding carboxylic acids is 2. The van der Waals surface area contributed by atoms with Crippen LogP contribution in [0.15, 0.2) is 42.5 Å². The predicted molar refractivity (Wildman–Crippen MR) is 112 cm³/mol. The Kier molecular flexibility index (Phi) is 6.09. The molecule has 2 aliphatic rings. The van der Waals surface area contributed by atoms with E-state index in [1.807, 2.05) is 36.4 Å². The Bertz CT molecular complexity index is 887. The maximum absolute atomic E-state index is 12.7. The Hall–Kier alpha value is -2.73. The van der Waals surface area contributed by atoms with Gasteiger partial charge in [0.05, 0.1) is 0 Å². The van der Waals surface area contributed by atoms with Crippen molar-refractivity contribution in [3.05, 3.63) is 48.0 Å². The highest BCUT2D eigenvalue weighted by atomic mass is 35.5. The van der Waals surface area contributed by atoms with E-state index in [1.54, 1.807) is 15.9 Å². The van der Waals surface area contributed by atoms with E-state index in [2.05, 4.69) is 0 Å². The Morgan fingerprint density at radius 2 is 1.86 bits per heavy atom. The molecule has 2 aromatic carbocycles. The summed E-state index contributed by atoms with van der Waals surface area (Å²) in [6.07, 6.45) is 3.24. The van der Waals surface area contributed by atoms with Gasteiger partial charge in [0.1, 0.15) is 5.75 Å². The fraction of sp³-hybridized carbons (Fsp3) is 0.333. The van der Waals surface area contributed by atoms with E-state index >= 15 is 0 Å². The molecule has 2 amide bonds. The van der Waals surface area contributed by atoms with Gasteiger partial charge in [-0.3, -0.25) is 9.59 Å². The normalized spacial score (nSPS) is 15.8. The first-order chi connectivity index (χ1) is 13.1. The smallest absolute Gasteiger partial charge is 0.264 e. The van der Waals surface area contributed by atoms with Crippen LogP contribution < -0.4 is 20.3 Å². The van der Waals surface area contributed by atoms with Crippen molar-refractivity contribution in [3.63, 3.8) is 0 Å². The highest BCUT2D eigenvalue weighted by Crippen LogP contribution is 2.31. The molecule has 2 aromatic rings. The number of nitrogens with zero attached hydrogens (tertiary/aromatic N) is 2. The summed E-state index contributed by atoms with van der Waals surface area (Å²) in [6, 6.07) is 13.0. The van der Waals surface area contributed by atoms with E-state index in [4.69, 9.17) is 10.5 Å². The molecule has 6 nitrogen and oxygen atoms in total. The predicted octanol–water partition coefficient (Wildman–Crippen LogP) is 3.18. The molecule has 1 fully saturated rings. The fourth-order valence-electron chi connectivity index (χ4n) is 3.80. The van der Waals surface area contributed by atoms with Crippen LogP contribution in [0.2, 0.25) is 0 Å². The third-order valence-electron chi connectivity index (χ3n) is 5.15. The number of anilines is 3. The van der Waals surface area contributed by atoms with Crippen LogP contribution >= 0.6 is 12.4 Å². The lowest BCUT2D eigenvalue weighted by Gasteiger charge is -2.30. The molecule has 2 aliphatic heterocycles. The van der Waals surface area contributed by atoms with Gasteiger partial charge in [-0.1, -0.05) is 12.1 Å². The fourth-order valence-corrected chi connectivity index (χ4v) is 3.80. The maximum Gasteiger partial charge on any atom is 0.264 e. The first kappa shape index (κ1) is 20.0. The van der Waals surface area contributed by atoms with Gasteiger partial charge in [-0.05, 0) is 49.1 Å². The van der Waals surface area contributed by atoms with Crippen LogP contribution in [0, 0.1) is 0 Å². The number of hydrogen-bond donors (Lipinski definition) is 1. The van der Waals surface area contributed by atoms with Crippen LogP contribution in [0.3, 0.4) is 0 Å². The summed E-state index contributed by atoms with van der Waals surface area (Å²) in [5, 5.41) is 0. The van der Waals surface area contributed by atoms with Gasteiger partial charge in [0, 0.05) is 42.6 Å². The molecule has 28 heavy (non-hydrogen) atoms. The number of fused-ring (bicyclic) bond motifs is 1. The Balaban J connectivity index is 0.00000225. The Labute approximate surface area is 170 Å². The van der Waals surface area contributed by atoms with E-state index in [-0.39, 0.29) is 30.8 Å². The number of rotatable bonds is 4. The average Bonchev–Trinajstić information content (AvgIpc) is 3.12. The summed E-state index contributed by atoms with van der Waals surface area (Å²) < 4.78 is 5.74. The monoisotopic (exact) mass is 401 g/mol. The first-order valence-electron chi connectivity index (χ1n) is 9.34. The third kappa shape index (κ3) is 3.92. The zero-order chi connectivity index (χ0) is 18.8. The molecule has 0 radical (unpaired) electrons. The second-order valence-corrected chi connectivity index (χ2v) is 6.93. The SMILES string of the molecule is Cl.Nc1cccc2c1CCCN2C(=O)COc1cccc(N2CCCC2=O)c1. The van der Waals surface area contributed by atoms with Gasteiger partial charge in [-0.15, -0.1) is 12.4 Å². The largest absolute Gasteiger partial charge is 0.484 e. The second-order valence-electron chi connectivity index (χ2n) is 6.93. The van der Waals surface area contributed by atoms with Crippen LogP contribution in [-0.4, -0.2) is 31.5 Å². The van der Waals surface area contributed by atoms with Gasteiger partial charge >= 0.3 is 0 Å². The minimum absolute atomic E-state index is 0. The second kappa shape index (κ2) is 8.52. The minimum atomic E-state index is -0.0933. The number of nitrogen functional groups attached to an aromatic ring is 1. The molecule has 0 aliphatic carbocycles. The number of ether oxygens (including phenoxy) is 1. The van der Waals surface area contributed by atoms with Crippen LogP contribution in [0.25, 0.3) is 0 Å². The van der Waals surface area contributed by atoms with Crippen LogP contribution in [-0.2, 0) is 16.0 Å². The van der Waals surface area contributed by atoms with Crippen molar-refractivity contribution in [1.82, 2.24) is 0 Å². The summed E-state index contributed by atoms with van der Waals surface area (Å²) in [4.78, 5) is 28.2. The molecule has 148 valence electrons. The van der Waals surface area contributed by atoms with Crippen LogP contribution in [0.1, 0.15) is 24.8 Å². The van der Waals surface area contributed by atoms with Crippen molar-refractivity contribution in [2.75, 3.05) is 35.2 Å². The molecule has 2 heterocycles. The molecule has 0 spiro atoms. The molecule has 0 unspecified atom stereocenters. The molecule has 7 heteroatoms. The standard InChI is InChI=1S/C21H23N3O3.ClH/c22-18-8-2-9-19-17(18)7-3-12-24(19)21(26)14-27-16-6-1-5-15(13-16)23-11-4-10-20(23)25;/h1-2,5-6,8-9,13H,3-4,7,10-12,14,22H2;1H. The lowest BCUT2D eigenvalue weighted by molar-refractivity contribution is -0.120. The summed E-state index contributed by atoms with van der Waals surface area (Å²) in [5.74, 6) is 0.625. The Morgan fingerprint density at radius 3 is 2.64 bits per heavy atom. The molecular formula is C21H24ClN3O3. The highest BCUT2D eigenvalue weighted by Gasteiger charge is 2.25. The molecule has 0 bridgehead atoms. The molecular weight excluding hydrogens is 378 g/mol. The van der Waals surface area contributed by atoms with Crippen LogP contribution in [0.4, 0.5) is 17.1 Å². The van der Waals surface area contributed by atoms with Crippen LogP contribution in [0.5, 0.6) is 5.75 Å². The summed E-state index contributed by atoms with van der Waals surface area (Å²) in [7, 11) is 0. The number of halogens is 1. The third-order valence-corrected chi connectivity index (χ3v) is 5.15. The van der Waals surface area contributed by atoms with Gasteiger partial charge in [0.25, 0.3) is 5.91 Å². The lowest BCUT2D eigenvalue weighted by atomic mass is 10.00. The zero-order valence-electron chi connectivity index (χ0n) is 15.6. The van der Waals surface area contributed by atoms with E-state index in [9.17, 15) is 9.59 Å². The average molecular weight is 402 g/mol. The van der Waals surface area contributed by atoms with Crippen molar-refractivity contribution >= 4 is 41.3 Å². The molecule has 2 N–H and O–H groups in total. The molecule has 0 atom stereocenters. The van der Waals surface area contributed by atoms with E-state index in [0.29, 0.717) is 18.7 Å². The quantitative estimate of drug-likeness (QED) is 0.798. The maximum atomic E-state index is 12.7. The number of benzene rings is 2.